The molecule has 0 spiro atoms. The maximum atomic E-state index is 11.8. The van der Waals surface area contributed by atoms with Gasteiger partial charge in [0.15, 0.2) is 5.82 Å². The fraction of sp³-hybridized carbons (Fsp3) is 0. The summed E-state index contributed by atoms with van der Waals surface area (Å²) in [6.07, 6.45) is 3.40. The molecule has 0 aliphatic heterocycles. The number of anilines is 2. The van der Waals surface area contributed by atoms with Gasteiger partial charge in [0.1, 0.15) is 0 Å². The van der Waals surface area contributed by atoms with Gasteiger partial charge < -0.3 is 5.32 Å². The molecule has 3 rings (SSSR count). The van der Waals surface area contributed by atoms with E-state index in [1.165, 1.54) is 0 Å². The van der Waals surface area contributed by atoms with E-state index in [4.69, 9.17) is 0 Å². The first-order chi connectivity index (χ1) is 10.3. The average molecular weight is 279 g/mol. The highest BCUT2D eigenvalue weighted by Crippen LogP contribution is 2.18. The van der Waals surface area contributed by atoms with Gasteiger partial charge in [0.25, 0.3) is 0 Å². The molecule has 0 saturated heterocycles. The number of nitrogens with zero attached hydrogens (tertiary/aromatic N) is 2. The molecule has 2 amide bonds. The number of hydrogen-bond acceptors (Lipinski definition) is 3. The summed E-state index contributed by atoms with van der Waals surface area (Å²) in [6, 6.07) is 14.4. The smallest absolute Gasteiger partial charge is 0.308 e. The highest BCUT2D eigenvalue weighted by atomic mass is 16.2. The number of benzene rings is 1. The third kappa shape index (κ3) is 3.24. The van der Waals surface area contributed by atoms with E-state index in [2.05, 4.69) is 25.8 Å². The summed E-state index contributed by atoms with van der Waals surface area (Å²) in [6.45, 7) is 0. The molecule has 0 atom stereocenters. The Morgan fingerprint density at radius 1 is 1.00 bits per heavy atom. The first-order valence-electron chi connectivity index (χ1n) is 6.40. The molecule has 2 heterocycles. The number of aromatic amines is 1. The van der Waals surface area contributed by atoms with Crippen LogP contribution in [0.15, 0.2) is 60.9 Å². The molecule has 0 fully saturated rings. The van der Waals surface area contributed by atoms with E-state index in [1.807, 2.05) is 42.5 Å². The van der Waals surface area contributed by atoms with E-state index in [1.54, 1.807) is 18.5 Å². The van der Waals surface area contributed by atoms with E-state index in [-0.39, 0.29) is 6.03 Å². The lowest BCUT2D eigenvalue weighted by molar-refractivity contribution is 0.262. The Balaban J connectivity index is 1.66. The number of rotatable bonds is 3. The van der Waals surface area contributed by atoms with Gasteiger partial charge in [0.2, 0.25) is 0 Å². The number of amides is 2. The first-order valence-corrected chi connectivity index (χ1v) is 6.40. The zero-order chi connectivity index (χ0) is 14.5. The topological polar surface area (TPSA) is 82.7 Å². The van der Waals surface area contributed by atoms with Gasteiger partial charge in [-0.05, 0) is 24.3 Å². The molecule has 21 heavy (non-hydrogen) atoms. The van der Waals surface area contributed by atoms with E-state index in [9.17, 15) is 4.79 Å². The fourth-order valence-corrected chi connectivity index (χ4v) is 1.87. The molecule has 6 heteroatoms. The normalized spacial score (nSPS) is 10.1. The number of pyridine rings is 1. The molecular formula is C15H13N5O. The zero-order valence-corrected chi connectivity index (χ0v) is 11.1. The number of nitrogens with one attached hydrogen (secondary N) is 3. The molecule has 0 unspecified atom stereocenters. The molecule has 1 aromatic carbocycles. The molecule has 0 radical (unpaired) electrons. The fourth-order valence-electron chi connectivity index (χ4n) is 1.87. The molecule has 0 saturated carbocycles. The molecule has 0 aliphatic carbocycles. The lowest BCUT2D eigenvalue weighted by Crippen LogP contribution is -2.19. The Labute approximate surface area is 121 Å². The van der Waals surface area contributed by atoms with Crippen LogP contribution in [0.2, 0.25) is 0 Å². The second-order valence-corrected chi connectivity index (χ2v) is 4.35. The van der Waals surface area contributed by atoms with E-state index in [0.717, 1.165) is 16.9 Å². The van der Waals surface area contributed by atoms with Crippen LogP contribution in [0.25, 0.3) is 11.3 Å². The van der Waals surface area contributed by atoms with E-state index < -0.39 is 0 Å². The van der Waals surface area contributed by atoms with Crippen LogP contribution in [-0.2, 0) is 0 Å². The number of carbonyl (C=O) groups is 1. The second kappa shape index (κ2) is 5.87. The van der Waals surface area contributed by atoms with Crippen LogP contribution in [0, 0.1) is 0 Å². The van der Waals surface area contributed by atoms with Crippen LogP contribution in [-0.4, -0.2) is 21.2 Å². The van der Waals surface area contributed by atoms with Crippen molar-refractivity contribution in [1.82, 2.24) is 15.2 Å². The standard InChI is InChI=1S/C15H13N5O/c21-15(17-12-4-2-1-3-5-12)18-14-10-13(19-20-14)11-6-8-16-9-7-11/h1-10H,(H3,17,18,19,20,21). The van der Waals surface area contributed by atoms with Crippen LogP contribution >= 0.6 is 0 Å². The summed E-state index contributed by atoms with van der Waals surface area (Å²) in [5.74, 6) is 0.454. The minimum absolute atomic E-state index is 0.339. The van der Waals surface area contributed by atoms with Crippen molar-refractivity contribution in [3.8, 4) is 11.3 Å². The molecule has 3 aromatic rings. The van der Waals surface area contributed by atoms with Crippen molar-refractivity contribution in [1.29, 1.82) is 0 Å². The van der Waals surface area contributed by atoms with Gasteiger partial charge >= 0.3 is 6.03 Å². The minimum Gasteiger partial charge on any atom is -0.308 e. The first kappa shape index (κ1) is 12.9. The van der Waals surface area contributed by atoms with Crippen molar-refractivity contribution in [2.45, 2.75) is 0 Å². The number of hydrogen-bond donors (Lipinski definition) is 3. The molecular weight excluding hydrogens is 266 g/mol. The van der Waals surface area contributed by atoms with Crippen molar-refractivity contribution in [2.24, 2.45) is 0 Å². The van der Waals surface area contributed by atoms with Gasteiger partial charge in [0.05, 0.1) is 5.69 Å². The molecule has 0 bridgehead atoms. The number of H-pyrrole nitrogens is 1. The van der Waals surface area contributed by atoms with Crippen LogP contribution in [0.3, 0.4) is 0 Å². The van der Waals surface area contributed by atoms with Gasteiger partial charge in [0, 0.05) is 29.7 Å². The second-order valence-electron chi connectivity index (χ2n) is 4.35. The third-order valence-corrected chi connectivity index (χ3v) is 2.84. The predicted octanol–water partition coefficient (Wildman–Crippen LogP) is 3.12. The Morgan fingerprint density at radius 3 is 2.52 bits per heavy atom. The van der Waals surface area contributed by atoms with Crippen LogP contribution in [0.1, 0.15) is 0 Å². The highest BCUT2D eigenvalue weighted by molar-refractivity contribution is 5.99. The zero-order valence-electron chi connectivity index (χ0n) is 11.1. The van der Waals surface area contributed by atoms with Crippen molar-refractivity contribution in [3.05, 3.63) is 60.9 Å². The minimum atomic E-state index is -0.339. The Kier molecular flexibility index (Phi) is 3.60. The number of para-hydroxylation sites is 1. The summed E-state index contributed by atoms with van der Waals surface area (Å²) >= 11 is 0. The molecule has 6 nitrogen and oxygen atoms in total. The Bertz CT molecular complexity index is 724. The average Bonchev–Trinajstić information content (AvgIpc) is 2.97. The Hall–Kier alpha value is -3.15. The van der Waals surface area contributed by atoms with Gasteiger partial charge in [-0.1, -0.05) is 18.2 Å². The van der Waals surface area contributed by atoms with Crippen molar-refractivity contribution < 1.29 is 4.79 Å². The van der Waals surface area contributed by atoms with E-state index >= 15 is 0 Å². The lowest BCUT2D eigenvalue weighted by Gasteiger charge is -2.04. The molecule has 2 aromatic heterocycles. The number of urea groups is 1. The molecule has 104 valence electrons. The lowest BCUT2D eigenvalue weighted by atomic mass is 10.2. The monoisotopic (exact) mass is 279 g/mol. The molecule has 0 aliphatic rings. The summed E-state index contributed by atoms with van der Waals surface area (Å²) in [5, 5.41) is 12.3. The van der Waals surface area contributed by atoms with Crippen molar-refractivity contribution >= 4 is 17.5 Å². The van der Waals surface area contributed by atoms with Crippen LogP contribution < -0.4 is 10.6 Å². The quantitative estimate of drug-likeness (QED) is 0.689. The summed E-state index contributed by atoms with van der Waals surface area (Å²) < 4.78 is 0. The maximum Gasteiger partial charge on any atom is 0.324 e. The third-order valence-electron chi connectivity index (χ3n) is 2.84. The van der Waals surface area contributed by atoms with Gasteiger partial charge in [-0.15, -0.1) is 0 Å². The largest absolute Gasteiger partial charge is 0.324 e. The molecule has 3 N–H and O–H groups in total. The maximum absolute atomic E-state index is 11.8. The SMILES string of the molecule is O=C(Nc1ccccc1)Nc1cc(-c2ccncc2)[nH]n1. The number of carbonyl (C=O) groups excluding carboxylic acids is 1. The predicted molar refractivity (Wildman–Crippen MR) is 80.9 cm³/mol. The van der Waals surface area contributed by atoms with Crippen LogP contribution in [0.5, 0.6) is 0 Å². The van der Waals surface area contributed by atoms with E-state index in [0.29, 0.717) is 5.82 Å². The van der Waals surface area contributed by atoms with Crippen molar-refractivity contribution in [3.63, 3.8) is 0 Å². The number of aromatic nitrogens is 3. The van der Waals surface area contributed by atoms with Gasteiger partial charge in [-0.25, -0.2) is 4.79 Å². The van der Waals surface area contributed by atoms with Gasteiger partial charge in [-0.3, -0.25) is 15.4 Å². The summed E-state index contributed by atoms with van der Waals surface area (Å²) in [4.78, 5) is 15.8. The summed E-state index contributed by atoms with van der Waals surface area (Å²) in [5.41, 5.74) is 2.49. The highest BCUT2D eigenvalue weighted by Gasteiger charge is 2.07. The van der Waals surface area contributed by atoms with Gasteiger partial charge in [-0.2, -0.15) is 5.10 Å². The summed E-state index contributed by atoms with van der Waals surface area (Å²) in [7, 11) is 0. The van der Waals surface area contributed by atoms with Crippen molar-refractivity contribution in [2.75, 3.05) is 10.6 Å². The Morgan fingerprint density at radius 2 is 1.76 bits per heavy atom. The van der Waals surface area contributed by atoms with Crippen LogP contribution in [0.4, 0.5) is 16.3 Å².